The highest BCUT2D eigenvalue weighted by Gasteiger charge is 1.97. The number of hydrogen-bond donors (Lipinski definition) is 0. The van der Waals surface area contributed by atoms with E-state index in [2.05, 4.69) is 4.74 Å². The third-order valence-electron chi connectivity index (χ3n) is 1.02. The molecule has 0 atom stereocenters. The molecular formula is C7H13O5. The van der Waals surface area contributed by atoms with Gasteiger partial charge in [-0.25, -0.2) is 0 Å². The Kier molecular flexibility index (Phi) is 7.73. The molecule has 1 radical (unpaired) electrons. The number of rotatable bonds is 7. The Morgan fingerprint density at radius 3 is 2.25 bits per heavy atom. The quantitative estimate of drug-likeness (QED) is 0.422. The summed E-state index contributed by atoms with van der Waals surface area (Å²) >= 11 is 0. The van der Waals surface area contributed by atoms with Crippen LogP contribution in [0.25, 0.3) is 0 Å². The summed E-state index contributed by atoms with van der Waals surface area (Å²) in [5.74, 6) is 0. The molecule has 0 aromatic carbocycles. The van der Waals surface area contributed by atoms with Crippen molar-refractivity contribution in [2.45, 2.75) is 6.92 Å². The van der Waals surface area contributed by atoms with Crippen molar-refractivity contribution in [2.24, 2.45) is 0 Å². The van der Waals surface area contributed by atoms with Crippen LogP contribution < -0.4 is 0 Å². The van der Waals surface area contributed by atoms with Crippen LogP contribution in [0.3, 0.4) is 0 Å². The molecule has 5 nitrogen and oxygen atoms in total. The topological polar surface area (TPSA) is 64.7 Å². The summed E-state index contributed by atoms with van der Waals surface area (Å²) in [5.41, 5.74) is 0. The molecule has 0 aliphatic carbocycles. The lowest BCUT2D eigenvalue weighted by atomic mass is 10.7. The van der Waals surface area contributed by atoms with E-state index in [1.807, 2.05) is 6.92 Å². The molecule has 71 valence electrons. The molecule has 0 aromatic heterocycles. The highest BCUT2D eigenvalue weighted by Crippen LogP contribution is 1.81. The molecule has 0 N–H and O–H groups in total. The van der Waals surface area contributed by atoms with E-state index in [9.17, 15) is 9.90 Å². The van der Waals surface area contributed by atoms with E-state index in [1.54, 1.807) is 0 Å². The molecule has 0 unspecified atom stereocenters. The second-order valence-corrected chi connectivity index (χ2v) is 1.91. The van der Waals surface area contributed by atoms with Gasteiger partial charge in [-0.15, -0.1) is 0 Å². The van der Waals surface area contributed by atoms with Gasteiger partial charge in [0.05, 0.1) is 19.8 Å². The second-order valence-electron chi connectivity index (χ2n) is 1.91. The van der Waals surface area contributed by atoms with E-state index in [1.165, 1.54) is 0 Å². The van der Waals surface area contributed by atoms with Gasteiger partial charge in [0, 0.05) is 6.61 Å². The Morgan fingerprint density at radius 2 is 1.67 bits per heavy atom. The normalized spacial score (nSPS) is 9.75. The first-order chi connectivity index (χ1) is 5.77. The molecule has 5 heteroatoms. The maximum absolute atomic E-state index is 9.72. The molecule has 0 saturated heterocycles. The Bertz CT molecular complexity index is 114. The van der Waals surface area contributed by atoms with Crippen LogP contribution in [-0.2, 0) is 19.3 Å². The van der Waals surface area contributed by atoms with Gasteiger partial charge in [0.1, 0.15) is 6.61 Å². The van der Waals surface area contributed by atoms with Crippen LogP contribution in [0.2, 0.25) is 0 Å². The third kappa shape index (κ3) is 9.19. The fourth-order valence-electron chi connectivity index (χ4n) is 0.548. The first-order valence-corrected chi connectivity index (χ1v) is 3.76. The molecule has 0 fully saturated rings. The molecule has 0 bridgehead atoms. The summed E-state index contributed by atoms with van der Waals surface area (Å²) < 4.78 is 14.0. The Hall–Kier alpha value is -0.810. The highest BCUT2D eigenvalue weighted by molar-refractivity contribution is 5.56. The number of ether oxygens (including phenoxy) is 3. The van der Waals surface area contributed by atoms with E-state index in [0.717, 1.165) is 0 Å². The fraction of sp³-hybridized carbons (Fsp3) is 0.857. The maximum atomic E-state index is 9.72. The van der Waals surface area contributed by atoms with Crippen molar-refractivity contribution in [3.63, 3.8) is 0 Å². The van der Waals surface area contributed by atoms with Crippen molar-refractivity contribution in [2.75, 3.05) is 33.0 Å². The molecule has 0 aliphatic rings. The van der Waals surface area contributed by atoms with Crippen LogP contribution >= 0.6 is 0 Å². The predicted octanol–water partition coefficient (Wildman–Crippen LogP) is 0.607. The molecule has 0 aromatic rings. The monoisotopic (exact) mass is 177 g/mol. The van der Waals surface area contributed by atoms with E-state index in [0.29, 0.717) is 19.8 Å². The van der Waals surface area contributed by atoms with Gasteiger partial charge >= 0.3 is 6.16 Å². The molecule has 0 saturated carbocycles. The Labute approximate surface area is 71.2 Å². The standard InChI is InChI=1S/C7H13O5/c1-2-10-3-4-11-5-6-12-7(8)9/h2-6H2,1H3. The first kappa shape index (κ1) is 11.2. The van der Waals surface area contributed by atoms with Crippen LogP contribution in [-0.4, -0.2) is 39.2 Å². The van der Waals surface area contributed by atoms with Crippen LogP contribution in [0.4, 0.5) is 4.79 Å². The Balaban J connectivity index is 2.86. The number of hydrogen-bond acceptors (Lipinski definition) is 4. The average molecular weight is 177 g/mol. The summed E-state index contributed by atoms with van der Waals surface area (Å²) in [6, 6.07) is 0. The van der Waals surface area contributed by atoms with Crippen LogP contribution in [0.5, 0.6) is 0 Å². The minimum Gasteiger partial charge on any atom is -0.429 e. The molecule has 0 amide bonds. The fourth-order valence-corrected chi connectivity index (χ4v) is 0.548. The van der Waals surface area contributed by atoms with Crippen LogP contribution in [0, 0.1) is 0 Å². The summed E-state index contributed by atoms with van der Waals surface area (Å²) in [5, 5.41) is 9.72. The van der Waals surface area contributed by atoms with Gasteiger partial charge in [-0.3, -0.25) is 0 Å². The zero-order chi connectivity index (χ0) is 9.23. The van der Waals surface area contributed by atoms with E-state index in [-0.39, 0.29) is 13.2 Å². The van der Waals surface area contributed by atoms with Crippen molar-refractivity contribution in [3.8, 4) is 0 Å². The van der Waals surface area contributed by atoms with E-state index in [4.69, 9.17) is 9.47 Å². The van der Waals surface area contributed by atoms with Gasteiger partial charge in [-0.05, 0) is 6.92 Å². The van der Waals surface area contributed by atoms with Crippen LogP contribution in [0.1, 0.15) is 6.92 Å². The molecule has 0 aliphatic heterocycles. The Morgan fingerprint density at radius 1 is 1.08 bits per heavy atom. The van der Waals surface area contributed by atoms with Crippen molar-refractivity contribution in [1.82, 2.24) is 0 Å². The van der Waals surface area contributed by atoms with Gasteiger partial charge < -0.3 is 14.2 Å². The molecule has 12 heavy (non-hydrogen) atoms. The van der Waals surface area contributed by atoms with Crippen molar-refractivity contribution in [1.29, 1.82) is 0 Å². The summed E-state index contributed by atoms with van der Waals surface area (Å²) in [7, 11) is 0. The summed E-state index contributed by atoms with van der Waals surface area (Å²) in [6.07, 6.45) is -1.52. The SMILES string of the molecule is CCOCCOCCOC([O])=O. The minimum absolute atomic E-state index is 0.00839. The van der Waals surface area contributed by atoms with Crippen molar-refractivity contribution < 1.29 is 24.1 Å². The molecular weight excluding hydrogens is 164 g/mol. The maximum Gasteiger partial charge on any atom is 0.550 e. The van der Waals surface area contributed by atoms with E-state index < -0.39 is 6.16 Å². The smallest absolute Gasteiger partial charge is 0.429 e. The van der Waals surface area contributed by atoms with Gasteiger partial charge in [-0.2, -0.15) is 9.90 Å². The van der Waals surface area contributed by atoms with Gasteiger partial charge in [0.15, 0.2) is 0 Å². The summed E-state index contributed by atoms with van der Waals surface area (Å²) in [6.45, 7) is 3.75. The van der Waals surface area contributed by atoms with Gasteiger partial charge in [-0.1, -0.05) is 0 Å². The lowest BCUT2D eigenvalue weighted by molar-refractivity contribution is 0.0143. The minimum atomic E-state index is -1.52. The number of carbonyl (C=O) groups excluding carboxylic acids is 1. The lowest BCUT2D eigenvalue weighted by Crippen LogP contribution is -2.10. The van der Waals surface area contributed by atoms with Crippen LogP contribution in [0.15, 0.2) is 0 Å². The molecule has 0 rings (SSSR count). The van der Waals surface area contributed by atoms with Crippen molar-refractivity contribution >= 4 is 6.16 Å². The lowest BCUT2D eigenvalue weighted by Gasteiger charge is -2.02. The molecule has 0 spiro atoms. The van der Waals surface area contributed by atoms with Gasteiger partial charge in [0.25, 0.3) is 0 Å². The summed E-state index contributed by atoms with van der Waals surface area (Å²) in [4.78, 5) is 9.72. The first-order valence-electron chi connectivity index (χ1n) is 3.76. The van der Waals surface area contributed by atoms with E-state index >= 15 is 0 Å². The van der Waals surface area contributed by atoms with Gasteiger partial charge in [0.2, 0.25) is 0 Å². The average Bonchev–Trinajstić information content (AvgIpc) is 2.02. The number of carbonyl (C=O) groups is 1. The second kappa shape index (κ2) is 8.29. The zero-order valence-corrected chi connectivity index (χ0v) is 7.08. The predicted molar refractivity (Wildman–Crippen MR) is 39.3 cm³/mol. The highest BCUT2D eigenvalue weighted by atomic mass is 16.7. The zero-order valence-electron chi connectivity index (χ0n) is 7.08. The third-order valence-corrected chi connectivity index (χ3v) is 1.02. The van der Waals surface area contributed by atoms with Crippen molar-refractivity contribution in [3.05, 3.63) is 0 Å². The molecule has 0 heterocycles. The largest absolute Gasteiger partial charge is 0.550 e.